The van der Waals surface area contributed by atoms with E-state index in [0.717, 1.165) is 12.8 Å². The Labute approximate surface area is 115 Å². The summed E-state index contributed by atoms with van der Waals surface area (Å²) in [5.74, 6) is 0.121. The molecule has 6 nitrogen and oxygen atoms in total. The minimum absolute atomic E-state index is 0.0580. The van der Waals surface area contributed by atoms with Crippen LogP contribution in [0.1, 0.15) is 40.5 Å². The molecular weight excluding hydrogens is 244 g/mol. The SMILES string of the molecule is CC1(CN=C(N)N)CCN(C(=O)OC(C)(C)C)CC1. The Morgan fingerprint density at radius 3 is 2.26 bits per heavy atom. The number of aliphatic imine (C=N–C) groups is 1. The molecule has 6 heteroatoms. The quantitative estimate of drug-likeness (QED) is 0.584. The molecule has 0 aromatic carbocycles. The van der Waals surface area contributed by atoms with Crippen molar-refractivity contribution in [3.8, 4) is 0 Å². The predicted molar refractivity (Wildman–Crippen MR) is 75.8 cm³/mol. The molecule has 1 amide bonds. The second kappa shape index (κ2) is 5.67. The minimum Gasteiger partial charge on any atom is -0.444 e. The second-order valence-corrected chi connectivity index (χ2v) is 6.52. The topological polar surface area (TPSA) is 93.9 Å². The van der Waals surface area contributed by atoms with Crippen LogP contribution in [0.2, 0.25) is 0 Å². The van der Waals surface area contributed by atoms with E-state index in [-0.39, 0.29) is 17.5 Å². The van der Waals surface area contributed by atoms with Gasteiger partial charge in [-0.05, 0) is 39.0 Å². The molecule has 0 atom stereocenters. The lowest BCUT2D eigenvalue weighted by molar-refractivity contribution is 0.0127. The third kappa shape index (κ3) is 5.36. The van der Waals surface area contributed by atoms with Gasteiger partial charge in [-0.1, -0.05) is 6.92 Å². The van der Waals surface area contributed by atoms with Crippen molar-refractivity contribution in [2.24, 2.45) is 21.9 Å². The highest BCUT2D eigenvalue weighted by molar-refractivity contribution is 5.75. The average molecular weight is 270 g/mol. The van der Waals surface area contributed by atoms with E-state index in [1.165, 1.54) is 0 Å². The number of piperidine rings is 1. The zero-order valence-electron chi connectivity index (χ0n) is 12.4. The van der Waals surface area contributed by atoms with Crippen molar-refractivity contribution in [3.63, 3.8) is 0 Å². The number of hydrogen-bond donors (Lipinski definition) is 2. The standard InChI is InChI=1S/C13H26N4O2/c1-12(2,3)19-11(18)17-7-5-13(4,6-8-17)9-16-10(14)15/h5-9H2,1-4H3,(H4,14,15,16). The van der Waals surface area contributed by atoms with Crippen LogP contribution >= 0.6 is 0 Å². The van der Waals surface area contributed by atoms with Crippen molar-refractivity contribution in [2.75, 3.05) is 19.6 Å². The van der Waals surface area contributed by atoms with Crippen LogP contribution in [0.15, 0.2) is 4.99 Å². The van der Waals surface area contributed by atoms with Gasteiger partial charge in [-0.25, -0.2) is 4.79 Å². The van der Waals surface area contributed by atoms with E-state index in [9.17, 15) is 4.79 Å². The van der Waals surface area contributed by atoms with Crippen LogP contribution in [0.4, 0.5) is 4.79 Å². The van der Waals surface area contributed by atoms with E-state index < -0.39 is 5.60 Å². The van der Waals surface area contributed by atoms with Crippen molar-refractivity contribution in [1.82, 2.24) is 4.90 Å². The first-order chi connectivity index (χ1) is 8.61. The maximum Gasteiger partial charge on any atom is 0.410 e. The molecular formula is C13H26N4O2. The van der Waals surface area contributed by atoms with Crippen LogP contribution in [0.25, 0.3) is 0 Å². The summed E-state index contributed by atoms with van der Waals surface area (Å²) in [7, 11) is 0. The molecule has 1 heterocycles. The number of nitrogens with two attached hydrogens (primary N) is 2. The lowest BCUT2D eigenvalue weighted by Gasteiger charge is -2.38. The first kappa shape index (κ1) is 15.6. The van der Waals surface area contributed by atoms with E-state index >= 15 is 0 Å². The third-order valence-corrected chi connectivity index (χ3v) is 3.27. The average Bonchev–Trinajstić information content (AvgIpc) is 2.25. The Bertz CT molecular complexity index is 348. The van der Waals surface area contributed by atoms with Gasteiger partial charge in [-0.3, -0.25) is 4.99 Å². The lowest BCUT2D eigenvalue weighted by atomic mass is 9.80. The van der Waals surface area contributed by atoms with Crippen LogP contribution in [-0.4, -0.2) is 42.2 Å². The highest BCUT2D eigenvalue weighted by atomic mass is 16.6. The predicted octanol–water partition coefficient (Wildman–Crippen LogP) is 1.30. The van der Waals surface area contributed by atoms with Crippen molar-refractivity contribution in [2.45, 2.75) is 46.1 Å². The van der Waals surface area contributed by atoms with Gasteiger partial charge in [0.05, 0.1) is 0 Å². The highest BCUT2D eigenvalue weighted by Gasteiger charge is 2.33. The molecule has 19 heavy (non-hydrogen) atoms. The van der Waals surface area contributed by atoms with Gasteiger partial charge >= 0.3 is 6.09 Å². The summed E-state index contributed by atoms with van der Waals surface area (Å²) in [5, 5.41) is 0. The van der Waals surface area contributed by atoms with Gasteiger partial charge in [0.1, 0.15) is 5.60 Å². The van der Waals surface area contributed by atoms with Crippen LogP contribution < -0.4 is 11.5 Å². The van der Waals surface area contributed by atoms with Crippen molar-refractivity contribution >= 4 is 12.1 Å². The molecule has 0 radical (unpaired) electrons. The number of rotatable bonds is 2. The monoisotopic (exact) mass is 270 g/mol. The first-order valence-electron chi connectivity index (χ1n) is 6.65. The number of carbonyl (C=O) groups excluding carboxylic acids is 1. The normalized spacial score (nSPS) is 18.8. The molecule has 0 aromatic heterocycles. The molecule has 0 aromatic rings. The zero-order valence-corrected chi connectivity index (χ0v) is 12.4. The Kier molecular flexibility index (Phi) is 4.66. The molecule has 1 rings (SSSR count). The van der Waals surface area contributed by atoms with Crippen LogP contribution in [0.3, 0.4) is 0 Å². The summed E-state index contributed by atoms with van der Waals surface area (Å²) >= 11 is 0. The van der Waals surface area contributed by atoms with Crippen molar-refractivity contribution in [3.05, 3.63) is 0 Å². The molecule has 0 spiro atoms. The highest BCUT2D eigenvalue weighted by Crippen LogP contribution is 2.31. The molecule has 110 valence electrons. The summed E-state index contributed by atoms with van der Waals surface area (Å²) in [4.78, 5) is 17.8. The van der Waals surface area contributed by atoms with Gasteiger partial charge in [0.15, 0.2) is 5.96 Å². The summed E-state index contributed by atoms with van der Waals surface area (Å²) in [5.41, 5.74) is 10.3. The Morgan fingerprint density at radius 2 is 1.84 bits per heavy atom. The van der Waals surface area contributed by atoms with Gasteiger partial charge in [0, 0.05) is 19.6 Å². The van der Waals surface area contributed by atoms with E-state index in [1.807, 2.05) is 20.8 Å². The van der Waals surface area contributed by atoms with Gasteiger partial charge in [0.25, 0.3) is 0 Å². The fourth-order valence-corrected chi connectivity index (χ4v) is 2.00. The van der Waals surface area contributed by atoms with Gasteiger partial charge in [-0.15, -0.1) is 0 Å². The summed E-state index contributed by atoms with van der Waals surface area (Å²) in [6.45, 7) is 9.74. The van der Waals surface area contributed by atoms with Crippen molar-refractivity contribution in [1.29, 1.82) is 0 Å². The smallest absolute Gasteiger partial charge is 0.410 e. The summed E-state index contributed by atoms with van der Waals surface area (Å²) in [6.07, 6.45) is 1.52. The largest absolute Gasteiger partial charge is 0.444 e. The third-order valence-electron chi connectivity index (χ3n) is 3.27. The molecule has 1 saturated heterocycles. The fourth-order valence-electron chi connectivity index (χ4n) is 2.00. The summed E-state index contributed by atoms with van der Waals surface area (Å²) in [6, 6.07) is 0. The molecule has 1 aliphatic heterocycles. The van der Waals surface area contributed by atoms with Gasteiger partial charge in [0.2, 0.25) is 0 Å². The van der Waals surface area contributed by atoms with E-state index in [1.54, 1.807) is 4.90 Å². The first-order valence-corrected chi connectivity index (χ1v) is 6.65. The Balaban J connectivity index is 2.48. The van der Waals surface area contributed by atoms with Crippen LogP contribution in [0, 0.1) is 5.41 Å². The number of ether oxygens (including phenoxy) is 1. The number of hydrogen-bond acceptors (Lipinski definition) is 3. The second-order valence-electron chi connectivity index (χ2n) is 6.52. The van der Waals surface area contributed by atoms with E-state index in [2.05, 4.69) is 11.9 Å². The fraction of sp³-hybridized carbons (Fsp3) is 0.846. The van der Waals surface area contributed by atoms with Crippen LogP contribution in [-0.2, 0) is 4.74 Å². The van der Waals surface area contributed by atoms with Crippen LogP contribution in [0.5, 0.6) is 0 Å². The number of guanidine groups is 1. The minimum atomic E-state index is -0.448. The molecule has 0 saturated carbocycles. The van der Waals surface area contributed by atoms with Gasteiger partial charge < -0.3 is 21.1 Å². The number of amides is 1. The number of likely N-dealkylation sites (tertiary alicyclic amines) is 1. The number of nitrogens with zero attached hydrogens (tertiary/aromatic N) is 2. The summed E-state index contributed by atoms with van der Waals surface area (Å²) < 4.78 is 5.36. The molecule has 0 unspecified atom stereocenters. The van der Waals surface area contributed by atoms with E-state index in [4.69, 9.17) is 16.2 Å². The number of carbonyl (C=O) groups is 1. The van der Waals surface area contributed by atoms with Gasteiger partial charge in [-0.2, -0.15) is 0 Å². The molecule has 4 N–H and O–H groups in total. The molecule has 0 aliphatic carbocycles. The molecule has 0 bridgehead atoms. The maximum absolute atomic E-state index is 11.9. The van der Waals surface area contributed by atoms with E-state index in [0.29, 0.717) is 19.6 Å². The Hall–Kier alpha value is -1.46. The zero-order chi connectivity index (χ0) is 14.7. The van der Waals surface area contributed by atoms with Crippen molar-refractivity contribution < 1.29 is 9.53 Å². The maximum atomic E-state index is 11.9. The molecule has 1 aliphatic rings. The Morgan fingerprint density at radius 1 is 1.32 bits per heavy atom. The molecule has 1 fully saturated rings. The lowest BCUT2D eigenvalue weighted by Crippen LogP contribution is -2.45.